The van der Waals surface area contributed by atoms with Gasteiger partial charge in [0.05, 0.1) is 6.42 Å². The van der Waals surface area contributed by atoms with Crippen LogP contribution in [0.1, 0.15) is 30.4 Å². The first kappa shape index (κ1) is 15.0. The number of likely N-dealkylation sites (N-methyl/N-ethyl adjacent to an activating group) is 1. The van der Waals surface area contributed by atoms with E-state index in [1.807, 2.05) is 24.1 Å². The van der Waals surface area contributed by atoms with Gasteiger partial charge in [-0.3, -0.25) is 4.79 Å². The van der Waals surface area contributed by atoms with E-state index < -0.39 is 0 Å². The first-order valence-electron chi connectivity index (χ1n) is 7.65. The molecule has 3 nitrogen and oxygen atoms in total. The van der Waals surface area contributed by atoms with E-state index in [9.17, 15) is 4.79 Å². The van der Waals surface area contributed by atoms with Crippen LogP contribution in [0.3, 0.4) is 0 Å². The largest absolute Gasteiger partial charge is 0.345 e. The number of nitrogens with zero attached hydrogens (tertiary/aromatic N) is 1. The average Bonchev–Trinajstić information content (AvgIpc) is 2.48. The summed E-state index contributed by atoms with van der Waals surface area (Å²) in [6.45, 7) is 5.21. The van der Waals surface area contributed by atoms with E-state index >= 15 is 0 Å². The second-order valence-electron chi connectivity index (χ2n) is 5.96. The maximum absolute atomic E-state index is 12.2. The molecule has 0 aliphatic carbocycles. The molecule has 0 unspecified atom stereocenters. The summed E-state index contributed by atoms with van der Waals surface area (Å²) in [6.07, 6.45) is 4.15. The van der Waals surface area contributed by atoms with Crippen LogP contribution in [-0.2, 0) is 11.2 Å². The first-order chi connectivity index (χ1) is 9.65. The predicted octanol–water partition coefficient (Wildman–Crippen LogP) is 2.39. The molecular formula is C17H26N2O. The Labute approximate surface area is 122 Å². The molecule has 1 N–H and O–H groups in total. The summed E-state index contributed by atoms with van der Waals surface area (Å²) < 4.78 is 0. The maximum Gasteiger partial charge on any atom is 0.226 e. The summed E-state index contributed by atoms with van der Waals surface area (Å²) in [4.78, 5) is 14.1. The van der Waals surface area contributed by atoms with Gasteiger partial charge in [-0.2, -0.15) is 0 Å². The molecule has 1 aliphatic rings. The minimum Gasteiger partial charge on any atom is -0.345 e. The third-order valence-electron chi connectivity index (χ3n) is 4.23. The first-order valence-corrected chi connectivity index (χ1v) is 7.65. The molecular weight excluding hydrogens is 248 g/mol. The number of aryl methyl sites for hydroxylation is 1. The van der Waals surface area contributed by atoms with Crippen molar-refractivity contribution in [3.8, 4) is 0 Å². The quantitative estimate of drug-likeness (QED) is 0.894. The number of rotatable bonds is 5. The standard InChI is InChI=1S/C17H26N2O/c1-14-3-5-16(6-4-14)13-17(20)19(2)12-9-15-7-10-18-11-8-15/h3-6,15,18H,7-13H2,1-2H3. The van der Waals surface area contributed by atoms with Crippen LogP contribution in [0.15, 0.2) is 24.3 Å². The highest BCUT2D eigenvalue weighted by molar-refractivity contribution is 5.78. The molecule has 0 bridgehead atoms. The van der Waals surface area contributed by atoms with Crippen molar-refractivity contribution in [3.05, 3.63) is 35.4 Å². The molecule has 1 amide bonds. The third-order valence-corrected chi connectivity index (χ3v) is 4.23. The van der Waals surface area contributed by atoms with Gasteiger partial charge in [0.25, 0.3) is 0 Å². The molecule has 0 aromatic heterocycles. The second kappa shape index (κ2) is 7.44. The number of piperidine rings is 1. The van der Waals surface area contributed by atoms with Gasteiger partial charge in [0.2, 0.25) is 5.91 Å². The maximum atomic E-state index is 12.2. The lowest BCUT2D eigenvalue weighted by atomic mass is 9.94. The summed E-state index contributed by atoms with van der Waals surface area (Å²) in [5, 5.41) is 3.38. The number of nitrogens with one attached hydrogen (secondary N) is 1. The fourth-order valence-electron chi connectivity index (χ4n) is 2.69. The van der Waals surface area contributed by atoms with Gasteiger partial charge in [0.1, 0.15) is 0 Å². The van der Waals surface area contributed by atoms with Crippen molar-refractivity contribution >= 4 is 5.91 Å². The van der Waals surface area contributed by atoms with E-state index in [0.29, 0.717) is 6.42 Å². The highest BCUT2D eigenvalue weighted by Gasteiger charge is 2.15. The molecule has 0 radical (unpaired) electrons. The normalized spacial score (nSPS) is 16.1. The van der Waals surface area contributed by atoms with Crippen molar-refractivity contribution in [1.82, 2.24) is 10.2 Å². The zero-order chi connectivity index (χ0) is 14.4. The lowest BCUT2D eigenvalue weighted by Gasteiger charge is -2.25. The molecule has 1 aliphatic heterocycles. The Morgan fingerprint density at radius 1 is 1.25 bits per heavy atom. The molecule has 0 atom stereocenters. The van der Waals surface area contributed by atoms with Crippen molar-refractivity contribution in [2.75, 3.05) is 26.7 Å². The molecule has 0 saturated carbocycles. The summed E-state index contributed by atoms with van der Waals surface area (Å²) in [7, 11) is 1.93. The fourth-order valence-corrected chi connectivity index (χ4v) is 2.69. The zero-order valence-electron chi connectivity index (χ0n) is 12.7. The van der Waals surface area contributed by atoms with Gasteiger partial charge in [-0.05, 0) is 50.8 Å². The van der Waals surface area contributed by atoms with Crippen LogP contribution < -0.4 is 5.32 Å². The van der Waals surface area contributed by atoms with E-state index in [4.69, 9.17) is 0 Å². The summed E-state index contributed by atoms with van der Waals surface area (Å²) in [5.41, 5.74) is 2.34. The summed E-state index contributed by atoms with van der Waals surface area (Å²) >= 11 is 0. The molecule has 1 aromatic rings. The number of carbonyl (C=O) groups is 1. The van der Waals surface area contributed by atoms with E-state index in [1.54, 1.807) is 0 Å². The van der Waals surface area contributed by atoms with Gasteiger partial charge in [0, 0.05) is 13.6 Å². The zero-order valence-corrected chi connectivity index (χ0v) is 12.7. The van der Waals surface area contributed by atoms with Crippen LogP contribution >= 0.6 is 0 Å². The molecule has 1 saturated heterocycles. The Hall–Kier alpha value is -1.35. The number of amides is 1. The van der Waals surface area contributed by atoms with Crippen LogP contribution in [0, 0.1) is 12.8 Å². The highest BCUT2D eigenvalue weighted by Crippen LogP contribution is 2.16. The Morgan fingerprint density at radius 2 is 1.90 bits per heavy atom. The van der Waals surface area contributed by atoms with Gasteiger partial charge in [0.15, 0.2) is 0 Å². The Balaban J connectivity index is 1.75. The van der Waals surface area contributed by atoms with Gasteiger partial charge < -0.3 is 10.2 Å². The number of benzene rings is 1. The van der Waals surface area contributed by atoms with Gasteiger partial charge >= 0.3 is 0 Å². The summed E-state index contributed by atoms with van der Waals surface area (Å²) in [6, 6.07) is 8.23. The SMILES string of the molecule is Cc1ccc(CC(=O)N(C)CCC2CCNCC2)cc1. The van der Waals surface area contributed by atoms with E-state index in [1.165, 1.54) is 18.4 Å². The van der Waals surface area contributed by atoms with Crippen molar-refractivity contribution < 1.29 is 4.79 Å². The molecule has 20 heavy (non-hydrogen) atoms. The Kier molecular flexibility index (Phi) is 5.60. The van der Waals surface area contributed by atoms with Gasteiger partial charge in [-0.1, -0.05) is 29.8 Å². The van der Waals surface area contributed by atoms with Crippen LogP contribution in [0.4, 0.5) is 0 Å². The molecule has 1 heterocycles. The van der Waals surface area contributed by atoms with Crippen molar-refractivity contribution in [2.45, 2.75) is 32.6 Å². The van der Waals surface area contributed by atoms with Gasteiger partial charge in [-0.25, -0.2) is 0 Å². The van der Waals surface area contributed by atoms with E-state index in [2.05, 4.69) is 24.4 Å². The molecule has 3 heteroatoms. The topological polar surface area (TPSA) is 32.3 Å². The van der Waals surface area contributed by atoms with Crippen LogP contribution in [0.25, 0.3) is 0 Å². The van der Waals surface area contributed by atoms with Crippen molar-refractivity contribution in [1.29, 1.82) is 0 Å². The molecule has 1 fully saturated rings. The fraction of sp³-hybridized carbons (Fsp3) is 0.588. The monoisotopic (exact) mass is 274 g/mol. The van der Waals surface area contributed by atoms with Crippen LogP contribution in [-0.4, -0.2) is 37.5 Å². The molecule has 2 rings (SSSR count). The molecule has 110 valence electrons. The van der Waals surface area contributed by atoms with Crippen molar-refractivity contribution in [3.63, 3.8) is 0 Å². The van der Waals surface area contributed by atoms with Gasteiger partial charge in [-0.15, -0.1) is 0 Å². The Morgan fingerprint density at radius 3 is 2.55 bits per heavy atom. The second-order valence-corrected chi connectivity index (χ2v) is 5.96. The van der Waals surface area contributed by atoms with Crippen LogP contribution in [0.2, 0.25) is 0 Å². The predicted molar refractivity (Wildman–Crippen MR) is 82.7 cm³/mol. The number of hydrogen-bond acceptors (Lipinski definition) is 2. The van der Waals surface area contributed by atoms with Crippen molar-refractivity contribution in [2.24, 2.45) is 5.92 Å². The van der Waals surface area contributed by atoms with E-state index in [0.717, 1.165) is 37.5 Å². The number of hydrogen-bond donors (Lipinski definition) is 1. The van der Waals surface area contributed by atoms with Crippen LogP contribution in [0.5, 0.6) is 0 Å². The molecule has 1 aromatic carbocycles. The lowest BCUT2D eigenvalue weighted by Crippen LogP contribution is -2.33. The minimum atomic E-state index is 0.225. The van der Waals surface area contributed by atoms with E-state index in [-0.39, 0.29) is 5.91 Å². The average molecular weight is 274 g/mol. The molecule has 0 spiro atoms. The lowest BCUT2D eigenvalue weighted by molar-refractivity contribution is -0.129. The third kappa shape index (κ3) is 4.64. The minimum absolute atomic E-state index is 0.225. The smallest absolute Gasteiger partial charge is 0.226 e. The summed E-state index contributed by atoms with van der Waals surface area (Å²) in [5.74, 6) is 1.01. The highest BCUT2D eigenvalue weighted by atomic mass is 16.2. The Bertz CT molecular complexity index is 421. The number of carbonyl (C=O) groups excluding carboxylic acids is 1.